The highest BCUT2D eigenvalue weighted by Gasteiger charge is 2.20. The summed E-state index contributed by atoms with van der Waals surface area (Å²) in [7, 11) is 0. The Hall–Kier alpha value is -4.88. The second-order valence-corrected chi connectivity index (χ2v) is 11.2. The number of anilines is 3. The zero-order valence-electron chi connectivity index (χ0n) is 22.7. The summed E-state index contributed by atoms with van der Waals surface area (Å²) in [5.74, 6) is 0.468. The van der Waals surface area contributed by atoms with E-state index in [1.807, 2.05) is 0 Å². The molecule has 1 heteroatoms. The van der Waals surface area contributed by atoms with Crippen molar-refractivity contribution in [3.05, 3.63) is 139 Å². The highest BCUT2D eigenvalue weighted by molar-refractivity contribution is 6.26. The smallest absolute Gasteiger partial charge is 0.0540 e. The summed E-state index contributed by atoms with van der Waals surface area (Å²) in [5.41, 5.74) is 4.93. The van der Waals surface area contributed by atoms with E-state index in [1.54, 1.807) is 0 Å². The first-order valence-electron chi connectivity index (χ1n) is 14.1. The molecule has 0 bridgehead atoms. The molecule has 0 aliphatic heterocycles. The second kappa shape index (κ2) is 8.83. The molecule has 0 heterocycles. The number of hydrogen-bond donors (Lipinski definition) is 0. The fourth-order valence-corrected chi connectivity index (χ4v) is 6.57. The second-order valence-electron chi connectivity index (χ2n) is 11.2. The molecule has 0 aliphatic rings. The van der Waals surface area contributed by atoms with Crippen molar-refractivity contribution in [1.82, 2.24) is 0 Å². The minimum absolute atomic E-state index is 0.468. The molecule has 0 saturated carbocycles. The third kappa shape index (κ3) is 3.48. The Morgan fingerprint density at radius 3 is 1.50 bits per heavy atom. The number of rotatable bonds is 4. The summed E-state index contributed by atoms with van der Waals surface area (Å²) in [6.45, 7) is 4.58. The lowest BCUT2D eigenvalue weighted by Crippen LogP contribution is -2.10. The maximum absolute atomic E-state index is 2.44. The third-order valence-corrected chi connectivity index (χ3v) is 8.52. The topological polar surface area (TPSA) is 3.24 Å². The Balaban J connectivity index is 1.46. The summed E-state index contributed by atoms with van der Waals surface area (Å²) in [5, 5.41) is 12.9. The summed E-state index contributed by atoms with van der Waals surface area (Å²) in [4.78, 5) is 2.44. The van der Waals surface area contributed by atoms with Crippen LogP contribution in [0, 0.1) is 0 Å². The van der Waals surface area contributed by atoms with Crippen LogP contribution in [0.25, 0.3) is 53.9 Å². The monoisotopic (exact) mass is 511 g/mol. The van der Waals surface area contributed by atoms with Gasteiger partial charge in [-0.15, -0.1) is 0 Å². The van der Waals surface area contributed by atoms with Gasteiger partial charge in [0, 0.05) is 16.8 Å². The highest BCUT2D eigenvalue weighted by Crippen LogP contribution is 2.45. The lowest BCUT2D eigenvalue weighted by Gasteiger charge is -2.28. The van der Waals surface area contributed by atoms with E-state index in [-0.39, 0.29) is 0 Å². The lowest BCUT2D eigenvalue weighted by atomic mass is 9.88. The predicted octanol–water partition coefficient (Wildman–Crippen LogP) is 11.5. The summed E-state index contributed by atoms with van der Waals surface area (Å²) < 4.78 is 0. The molecule has 8 aromatic carbocycles. The van der Waals surface area contributed by atoms with Crippen LogP contribution in [-0.4, -0.2) is 0 Å². The molecule has 40 heavy (non-hydrogen) atoms. The molecule has 8 aromatic rings. The van der Waals surface area contributed by atoms with E-state index in [2.05, 4.69) is 152 Å². The molecule has 0 N–H and O–H groups in total. The van der Waals surface area contributed by atoms with Gasteiger partial charge in [-0.3, -0.25) is 0 Å². The first kappa shape index (κ1) is 23.0. The predicted molar refractivity (Wildman–Crippen MR) is 174 cm³/mol. The Bertz CT molecular complexity index is 2120. The van der Waals surface area contributed by atoms with Crippen molar-refractivity contribution in [3.8, 4) is 0 Å². The Morgan fingerprint density at radius 1 is 0.425 bits per heavy atom. The molecule has 0 spiro atoms. The molecule has 0 aromatic heterocycles. The van der Waals surface area contributed by atoms with Crippen molar-refractivity contribution in [2.75, 3.05) is 4.90 Å². The van der Waals surface area contributed by atoms with Crippen LogP contribution in [-0.2, 0) is 0 Å². The molecular formula is C39H29N. The Labute approximate surface area is 234 Å². The number of fused-ring (bicyclic) bond motifs is 2. The van der Waals surface area contributed by atoms with Crippen LogP contribution >= 0.6 is 0 Å². The molecule has 8 rings (SSSR count). The van der Waals surface area contributed by atoms with Crippen LogP contribution in [0.4, 0.5) is 17.1 Å². The van der Waals surface area contributed by atoms with Gasteiger partial charge in [0.1, 0.15) is 0 Å². The molecule has 0 aliphatic carbocycles. The zero-order chi connectivity index (χ0) is 26.8. The number of benzene rings is 8. The van der Waals surface area contributed by atoms with Crippen molar-refractivity contribution in [3.63, 3.8) is 0 Å². The van der Waals surface area contributed by atoms with Gasteiger partial charge in [-0.05, 0) is 90.3 Å². The van der Waals surface area contributed by atoms with Gasteiger partial charge in [-0.2, -0.15) is 0 Å². The minimum atomic E-state index is 0.468. The van der Waals surface area contributed by atoms with Gasteiger partial charge >= 0.3 is 0 Å². The lowest BCUT2D eigenvalue weighted by molar-refractivity contribution is 0.877. The van der Waals surface area contributed by atoms with E-state index in [9.17, 15) is 0 Å². The maximum atomic E-state index is 2.44. The quantitative estimate of drug-likeness (QED) is 0.212. The first-order chi connectivity index (χ1) is 19.7. The van der Waals surface area contributed by atoms with Gasteiger partial charge in [0.25, 0.3) is 0 Å². The Kier molecular flexibility index (Phi) is 5.09. The summed E-state index contributed by atoms with van der Waals surface area (Å²) in [6, 6.07) is 49.3. The molecule has 1 nitrogen and oxygen atoms in total. The molecule has 0 atom stereocenters. The summed E-state index contributed by atoms with van der Waals surface area (Å²) >= 11 is 0. The van der Waals surface area contributed by atoms with E-state index in [0.29, 0.717) is 5.92 Å². The SMILES string of the molecule is CC(C)c1ccc2ccc3c(N(c4ccc5ccccc5c4)c4ccc5ccccc5c4)ccc4ccc1c2c43. The van der Waals surface area contributed by atoms with E-state index in [4.69, 9.17) is 0 Å². The molecule has 190 valence electrons. The van der Waals surface area contributed by atoms with Crippen LogP contribution < -0.4 is 4.90 Å². The van der Waals surface area contributed by atoms with Gasteiger partial charge in [0.05, 0.1) is 5.69 Å². The molecule has 0 fully saturated rings. The van der Waals surface area contributed by atoms with Crippen LogP contribution in [0.5, 0.6) is 0 Å². The van der Waals surface area contributed by atoms with E-state index >= 15 is 0 Å². The van der Waals surface area contributed by atoms with Crippen molar-refractivity contribution < 1.29 is 0 Å². The van der Waals surface area contributed by atoms with E-state index < -0.39 is 0 Å². The first-order valence-corrected chi connectivity index (χ1v) is 14.1. The van der Waals surface area contributed by atoms with Crippen LogP contribution in [0.3, 0.4) is 0 Å². The van der Waals surface area contributed by atoms with Gasteiger partial charge in [-0.25, -0.2) is 0 Å². The number of hydrogen-bond acceptors (Lipinski definition) is 1. The van der Waals surface area contributed by atoms with Crippen molar-refractivity contribution >= 4 is 70.9 Å². The normalized spacial score (nSPS) is 12.0. The Morgan fingerprint density at radius 2 is 0.900 bits per heavy atom. The van der Waals surface area contributed by atoms with Crippen molar-refractivity contribution in [2.24, 2.45) is 0 Å². The average Bonchev–Trinajstić information content (AvgIpc) is 3.00. The van der Waals surface area contributed by atoms with Gasteiger partial charge in [0.2, 0.25) is 0 Å². The summed E-state index contributed by atoms with van der Waals surface area (Å²) in [6.07, 6.45) is 0. The average molecular weight is 512 g/mol. The standard InChI is InChI=1S/C39H29N/c1-25(2)34-19-13-28-15-21-36-37(22-16-29-14-20-35(34)38(28)39(29)36)40(32-17-11-26-7-3-5-9-30(26)23-32)33-18-12-27-8-4-6-10-31(27)24-33/h3-25H,1-2H3. The van der Waals surface area contributed by atoms with Crippen LogP contribution in [0.15, 0.2) is 133 Å². The molecule has 0 unspecified atom stereocenters. The van der Waals surface area contributed by atoms with Crippen molar-refractivity contribution in [1.29, 1.82) is 0 Å². The van der Waals surface area contributed by atoms with E-state index in [1.165, 1.54) is 65.1 Å². The highest BCUT2D eigenvalue weighted by atomic mass is 15.1. The fraction of sp³-hybridized carbons (Fsp3) is 0.0769. The van der Waals surface area contributed by atoms with Crippen molar-refractivity contribution in [2.45, 2.75) is 19.8 Å². The van der Waals surface area contributed by atoms with Crippen LogP contribution in [0.1, 0.15) is 25.3 Å². The molecular weight excluding hydrogens is 482 g/mol. The van der Waals surface area contributed by atoms with Crippen LogP contribution in [0.2, 0.25) is 0 Å². The maximum Gasteiger partial charge on any atom is 0.0540 e. The molecule has 0 saturated heterocycles. The minimum Gasteiger partial charge on any atom is -0.310 e. The van der Waals surface area contributed by atoms with Gasteiger partial charge < -0.3 is 4.90 Å². The zero-order valence-corrected chi connectivity index (χ0v) is 22.7. The molecule has 0 radical (unpaired) electrons. The van der Waals surface area contributed by atoms with E-state index in [0.717, 1.165) is 11.4 Å². The third-order valence-electron chi connectivity index (χ3n) is 8.52. The van der Waals surface area contributed by atoms with Gasteiger partial charge in [-0.1, -0.05) is 117 Å². The fourth-order valence-electron chi connectivity index (χ4n) is 6.57. The largest absolute Gasteiger partial charge is 0.310 e. The molecule has 0 amide bonds. The van der Waals surface area contributed by atoms with Gasteiger partial charge in [0.15, 0.2) is 0 Å². The number of nitrogens with zero attached hydrogens (tertiary/aromatic N) is 1.